The summed E-state index contributed by atoms with van der Waals surface area (Å²) in [7, 11) is 1.88. The fourth-order valence-electron chi connectivity index (χ4n) is 1.01. The number of hydrogen-bond acceptors (Lipinski definition) is 1. The molecule has 12 heavy (non-hydrogen) atoms. The van der Waals surface area contributed by atoms with Crippen LogP contribution in [0.25, 0.3) is 5.57 Å². The molecule has 0 saturated carbocycles. The molecule has 0 aliphatic carbocycles. The Morgan fingerprint density at radius 1 is 1.50 bits per heavy atom. The first-order valence-electron chi connectivity index (χ1n) is 3.78. The molecule has 0 spiro atoms. The number of rotatable bonds is 2. The first kappa shape index (κ1) is 9.14. The second-order valence-corrected chi connectivity index (χ2v) is 3.13. The van der Waals surface area contributed by atoms with Crippen LogP contribution < -0.4 is 5.32 Å². The molecule has 0 atom stereocenters. The Balaban J connectivity index is 3.17. The fourth-order valence-corrected chi connectivity index (χ4v) is 1.29. The van der Waals surface area contributed by atoms with Gasteiger partial charge in [-0.3, -0.25) is 0 Å². The van der Waals surface area contributed by atoms with Crippen molar-refractivity contribution in [3.63, 3.8) is 0 Å². The van der Waals surface area contributed by atoms with Crippen molar-refractivity contribution in [3.05, 3.63) is 35.4 Å². The molecule has 0 saturated heterocycles. The Kier molecular flexibility index (Phi) is 2.77. The Morgan fingerprint density at radius 2 is 2.17 bits per heavy atom. The van der Waals surface area contributed by atoms with E-state index in [0.717, 1.165) is 21.8 Å². The van der Waals surface area contributed by atoms with Crippen LogP contribution >= 0.6 is 11.6 Å². The maximum absolute atomic E-state index is 5.96. The first-order valence-corrected chi connectivity index (χ1v) is 4.16. The van der Waals surface area contributed by atoms with E-state index in [4.69, 9.17) is 11.6 Å². The molecule has 64 valence electrons. The molecule has 0 aliphatic heterocycles. The second-order valence-electron chi connectivity index (χ2n) is 2.72. The molecule has 1 nitrogen and oxygen atoms in total. The van der Waals surface area contributed by atoms with Gasteiger partial charge in [-0.2, -0.15) is 0 Å². The Morgan fingerprint density at radius 3 is 2.67 bits per heavy atom. The number of allylic oxidation sites excluding steroid dienone is 1. The molecular weight excluding hydrogens is 170 g/mol. The maximum atomic E-state index is 5.96. The van der Waals surface area contributed by atoms with Crippen LogP contribution in [0, 0.1) is 0 Å². The molecule has 1 aromatic carbocycles. The molecular formula is C10H12ClN. The quantitative estimate of drug-likeness (QED) is 0.738. The third-order valence-corrected chi connectivity index (χ3v) is 2.04. The van der Waals surface area contributed by atoms with Gasteiger partial charge in [0.15, 0.2) is 0 Å². The van der Waals surface area contributed by atoms with E-state index < -0.39 is 0 Å². The molecule has 0 radical (unpaired) electrons. The molecule has 0 heterocycles. The summed E-state index contributed by atoms with van der Waals surface area (Å²) >= 11 is 5.96. The number of nitrogens with one attached hydrogen (secondary N) is 1. The fraction of sp³-hybridized carbons (Fsp3) is 0.200. The standard InChI is InChI=1S/C10H12ClN/c1-7(2)9-6-8(12-3)4-5-10(9)11/h4-6,12H,1H2,2-3H3. The molecule has 1 rings (SSSR count). The second kappa shape index (κ2) is 3.63. The number of halogens is 1. The summed E-state index contributed by atoms with van der Waals surface area (Å²) in [5.41, 5.74) is 3.04. The van der Waals surface area contributed by atoms with Crippen LogP contribution in [0.3, 0.4) is 0 Å². The van der Waals surface area contributed by atoms with Gasteiger partial charge >= 0.3 is 0 Å². The highest BCUT2D eigenvalue weighted by Crippen LogP contribution is 2.25. The Bertz CT molecular complexity index is 305. The topological polar surface area (TPSA) is 12.0 Å². The van der Waals surface area contributed by atoms with Gasteiger partial charge in [0.05, 0.1) is 0 Å². The summed E-state index contributed by atoms with van der Waals surface area (Å²) < 4.78 is 0. The van der Waals surface area contributed by atoms with Crippen molar-refractivity contribution in [3.8, 4) is 0 Å². The van der Waals surface area contributed by atoms with Crippen LogP contribution in [-0.2, 0) is 0 Å². The summed E-state index contributed by atoms with van der Waals surface area (Å²) in [5.74, 6) is 0. The highest BCUT2D eigenvalue weighted by molar-refractivity contribution is 6.32. The van der Waals surface area contributed by atoms with Gasteiger partial charge < -0.3 is 5.32 Å². The van der Waals surface area contributed by atoms with Gasteiger partial charge in [0, 0.05) is 17.8 Å². The van der Waals surface area contributed by atoms with Gasteiger partial charge in [-0.15, -0.1) is 0 Å². The average Bonchev–Trinajstić information content (AvgIpc) is 2.05. The predicted octanol–water partition coefficient (Wildman–Crippen LogP) is 3.41. The third-order valence-electron chi connectivity index (χ3n) is 1.71. The highest BCUT2D eigenvalue weighted by Gasteiger charge is 2.00. The lowest BCUT2D eigenvalue weighted by Crippen LogP contribution is -1.89. The van der Waals surface area contributed by atoms with Crippen molar-refractivity contribution in [2.24, 2.45) is 0 Å². The van der Waals surface area contributed by atoms with Crippen LogP contribution in [-0.4, -0.2) is 7.05 Å². The van der Waals surface area contributed by atoms with Crippen molar-refractivity contribution >= 4 is 22.9 Å². The zero-order valence-electron chi connectivity index (χ0n) is 7.32. The summed E-state index contributed by atoms with van der Waals surface area (Å²) in [4.78, 5) is 0. The molecule has 0 bridgehead atoms. The van der Waals surface area contributed by atoms with Crippen LogP contribution in [0.15, 0.2) is 24.8 Å². The smallest absolute Gasteiger partial charge is 0.0482 e. The zero-order chi connectivity index (χ0) is 9.14. The van der Waals surface area contributed by atoms with E-state index in [1.54, 1.807) is 0 Å². The van der Waals surface area contributed by atoms with E-state index in [0.29, 0.717) is 0 Å². The molecule has 1 N–H and O–H groups in total. The van der Waals surface area contributed by atoms with Crippen molar-refractivity contribution in [2.75, 3.05) is 12.4 Å². The van der Waals surface area contributed by atoms with Crippen LogP contribution in [0.1, 0.15) is 12.5 Å². The molecule has 1 aromatic rings. The minimum atomic E-state index is 0.751. The van der Waals surface area contributed by atoms with Gasteiger partial charge in [-0.05, 0) is 36.3 Å². The number of anilines is 1. The Hall–Kier alpha value is -0.950. The van der Waals surface area contributed by atoms with Crippen molar-refractivity contribution in [1.82, 2.24) is 0 Å². The van der Waals surface area contributed by atoms with E-state index in [1.807, 2.05) is 32.2 Å². The molecule has 2 heteroatoms. The zero-order valence-corrected chi connectivity index (χ0v) is 8.07. The van der Waals surface area contributed by atoms with Gasteiger partial charge in [0.25, 0.3) is 0 Å². The minimum absolute atomic E-state index is 0.751. The largest absolute Gasteiger partial charge is 0.388 e. The summed E-state index contributed by atoms with van der Waals surface area (Å²) in [6.07, 6.45) is 0. The number of hydrogen-bond donors (Lipinski definition) is 1. The van der Waals surface area contributed by atoms with Crippen molar-refractivity contribution in [1.29, 1.82) is 0 Å². The van der Waals surface area contributed by atoms with Crippen molar-refractivity contribution < 1.29 is 0 Å². The Labute approximate surface area is 78.1 Å². The van der Waals surface area contributed by atoms with E-state index in [-0.39, 0.29) is 0 Å². The summed E-state index contributed by atoms with van der Waals surface area (Å²) in [5, 5.41) is 3.80. The maximum Gasteiger partial charge on any atom is 0.0482 e. The lowest BCUT2D eigenvalue weighted by molar-refractivity contribution is 1.48. The SMILES string of the molecule is C=C(C)c1cc(NC)ccc1Cl. The average molecular weight is 182 g/mol. The van der Waals surface area contributed by atoms with Gasteiger partial charge in [0.1, 0.15) is 0 Å². The lowest BCUT2D eigenvalue weighted by Gasteiger charge is -2.06. The monoisotopic (exact) mass is 181 g/mol. The van der Waals surface area contributed by atoms with Crippen LogP contribution in [0.4, 0.5) is 5.69 Å². The molecule has 0 fully saturated rings. The van der Waals surface area contributed by atoms with Crippen LogP contribution in [0.2, 0.25) is 5.02 Å². The summed E-state index contributed by atoms with van der Waals surface area (Å²) in [6.45, 7) is 5.79. The minimum Gasteiger partial charge on any atom is -0.388 e. The van der Waals surface area contributed by atoms with Crippen LogP contribution in [0.5, 0.6) is 0 Å². The molecule has 0 aromatic heterocycles. The molecule has 0 unspecified atom stereocenters. The molecule has 0 aliphatic rings. The highest BCUT2D eigenvalue weighted by atomic mass is 35.5. The molecule has 0 amide bonds. The van der Waals surface area contributed by atoms with Gasteiger partial charge in [-0.25, -0.2) is 0 Å². The predicted molar refractivity (Wildman–Crippen MR) is 55.7 cm³/mol. The number of benzene rings is 1. The normalized spacial score (nSPS) is 9.58. The third kappa shape index (κ3) is 1.80. The van der Waals surface area contributed by atoms with Crippen molar-refractivity contribution in [2.45, 2.75) is 6.92 Å². The van der Waals surface area contributed by atoms with Gasteiger partial charge in [-0.1, -0.05) is 18.2 Å². The first-order chi connectivity index (χ1) is 5.65. The van der Waals surface area contributed by atoms with E-state index in [2.05, 4.69) is 11.9 Å². The van der Waals surface area contributed by atoms with E-state index in [9.17, 15) is 0 Å². The van der Waals surface area contributed by atoms with E-state index >= 15 is 0 Å². The van der Waals surface area contributed by atoms with E-state index in [1.165, 1.54) is 0 Å². The lowest BCUT2D eigenvalue weighted by atomic mass is 10.1. The summed E-state index contributed by atoms with van der Waals surface area (Å²) in [6, 6.07) is 5.80. The van der Waals surface area contributed by atoms with Gasteiger partial charge in [0.2, 0.25) is 0 Å².